The van der Waals surface area contributed by atoms with Crippen molar-refractivity contribution in [3.8, 4) is 5.75 Å². The number of amides is 2. The Hall–Kier alpha value is -1.75. The molecular formula is C19H30N2O3. The van der Waals surface area contributed by atoms with Crippen molar-refractivity contribution in [1.29, 1.82) is 0 Å². The standard InChI is InChI=1S/C19H30N2O3/c1-3-12-24-18-8-4-6-16(13-18)9-10-20-19(22)21-11-5-7-17(14-21)15-23-2/h4,6,8,13,17H,3,5,7,9-12,14-15H2,1-2H3,(H,20,22). The van der Waals surface area contributed by atoms with E-state index in [0.717, 1.165) is 57.7 Å². The predicted molar refractivity (Wildman–Crippen MR) is 95.5 cm³/mol. The number of hydrogen-bond acceptors (Lipinski definition) is 3. The fourth-order valence-electron chi connectivity index (χ4n) is 3.06. The molecular weight excluding hydrogens is 304 g/mol. The second-order valence-electron chi connectivity index (χ2n) is 6.39. The molecule has 1 aliphatic rings. The predicted octanol–water partition coefficient (Wildman–Crippen LogP) is 3.09. The summed E-state index contributed by atoms with van der Waals surface area (Å²) in [6, 6.07) is 8.13. The Morgan fingerprint density at radius 3 is 3.08 bits per heavy atom. The van der Waals surface area contributed by atoms with E-state index in [1.54, 1.807) is 7.11 Å². The molecule has 0 saturated carbocycles. The molecule has 0 spiro atoms. The van der Waals surface area contributed by atoms with Crippen LogP contribution in [0.25, 0.3) is 0 Å². The van der Waals surface area contributed by atoms with Crippen molar-refractivity contribution in [3.63, 3.8) is 0 Å². The van der Waals surface area contributed by atoms with Crippen LogP contribution in [0.15, 0.2) is 24.3 Å². The third-order valence-electron chi connectivity index (χ3n) is 4.27. The van der Waals surface area contributed by atoms with Crippen LogP contribution < -0.4 is 10.1 Å². The molecule has 0 aromatic heterocycles. The minimum Gasteiger partial charge on any atom is -0.494 e. The first-order valence-corrected chi connectivity index (χ1v) is 8.96. The first-order chi connectivity index (χ1) is 11.7. The van der Waals surface area contributed by atoms with Crippen LogP contribution >= 0.6 is 0 Å². The molecule has 1 fully saturated rings. The molecule has 1 aromatic carbocycles. The third-order valence-corrected chi connectivity index (χ3v) is 4.27. The highest BCUT2D eigenvalue weighted by molar-refractivity contribution is 5.74. The molecule has 1 aliphatic heterocycles. The van der Waals surface area contributed by atoms with Gasteiger partial charge in [0, 0.05) is 32.7 Å². The number of ether oxygens (including phenoxy) is 2. The maximum absolute atomic E-state index is 12.3. The Balaban J connectivity index is 1.74. The van der Waals surface area contributed by atoms with Crippen LogP contribution in [-0.2, 0) is 11.2 Å². The topological polar surface area (TPSA) is 50.8 Å². The highest BCUT2D eigenvalue weighted by Gasteiger charge is 2.23. The molecule has 1 atom stereocenters. The van der Waals surface area contributed by atoms with Crippen molar-refractivity contribution in [2.45, 2.75) is 32.6 Å². The number of urea groups is 1. The van der Waals surface area contributed by atoms with Crippen molar-refractivity contribution in [2.75, 3.05) is 40.0 Å². The van der Waals surface area contributed by atoms with Gasteiger partial charge in [0.1, 0.15) is 5.75 Å². The fraction of sp³-hybridized carbons (Fsp3) is 0.632. The maximum atomic E-state index is 12.3. The highest BCUT2D eigenvalue weighted by Crippen LogP contribution is 2.17. The van der Waals surface area contributed by atoms with Crippen molar-refractivity contribution in [3.05, 3.63) is 29.8 Å². The number of methoxy groups -OCH3 is 1. The lowest BCUT2D eigenvalue weighted by Gasteiger charge is -2.32. The summed E-state index contributed by atoms with van der Waals surface area (Å²) in [4.78, 5) is 14.2. The molecule has 0 radical (unpaired) electrons. The van der Waals surface area contributed by atoms with Gasteiger partial charge >= 0.3 is 6.03 Å². The number of piperidine rings is 1. The molecule has 1 aromatic rings. The normalized spacial score (nSPS) is 17.6. The second kappa shape index (κ2) is 10.2. The number of carbonyl (C=O) groups excluding carboxylic acids is 1. The first-order valence-electron chi connectivity index (χ1n) is 8.96. The van der Waals surface area contributed by atoms with E-state index in [1.165, 1.54) is 5.56 Å². The van der Waals surface area contributed by atoms with Crippen molar-refractivity contribution >= 4 is 6.03 Å². The summed E-state index contributed by atoms with van der Waals surface area (Å²) in [5.74, 6) is 1.36. The lowest BCUT2D eigenvalue weighted by Crippen LogP contribution is -2.46. The third kappa shape index (κ3) is 6.04. The Labute approximate surface area is 145 Å². The summed E-state index contributed by atoms with van der Waals surface area (Å²) in [5.41, 5.74) is 1.18. The minimum atomic E-state index is 0.0363. The van der Waals surface area contributed by atoms with Gasteiger partial charge in [-0.05, 0) is 43.4 Å². The number of carbonyl (C=O) groups is 1. The number of benzene rings is 1. The van der Waals surface area contributed by atoms with Gasteiger partial charge in [0.25, 0.3) is 0 Å². The Morgan fingerprint density at radius 2 is 2.29 bits per heavy atom. The molecule has 5 nitrogen and oxygen atoms in total. The number of hydrogen-bond donors (Lipinski definition) is 1. The zero-order valence-electron chi connectivity index (χ0n) is 14.9. The molecule has 134 valence electrons. The van der Waals surface area contributed by atoms with Gasteiger partial charge in [-0.3, -0.25) is 0 Å². The van der Waals surface area contributed by atoms with Crippen LogP contribution in [0.1, 0.15) is 31.7 Å². The SMILES string of the molecule is CCCOc1cccc(CCNC(=O)N2CCCC(COC)C2)c1. The molecule has 2 rings (SSSR count). The monoisotopic (exact) mass is 334 g/mol. The Morgan fingerprint density at radius 1 is 1.42 bits per heavy atom. The number of nitrogens with one attached hydrogen (secondary N) is 1. The minimum absolute atomic E-state index is 0.0363. The molecule has 1 N–H and O–H groups in total. The summed E-state index contributed by atoms with van der Waals surface area (Å²) in [6.45, 7) is 5.83. The lowest BCUT2D eigenvalue weighted by molar-refractivity contribution is 0.100. The number of likely N-dealkylation sites (tertiary alicyclic amines) is 1. The van der Waals surface area contributed by atoms with Gasteiger partial charge in [-0.25, -0.2) is 4.79 Å². The number of nitrogens with zero attached hydrogens (tertiary/aromatic N) is 1. The van der Waals surface area contributed by atoms with Gasteiger partial charge in [0.2, 0.25) is 0 Å². The van der Waals surface area contributed by atoms with Gasteiger partial charge in [0.15, 0.2) is 0 Å². The van der Waals surface area contributed by atoms with Crippen molar-refractivity contribution in [1.82, 2.24) is 10.2 Å². The zero-order valence-corrected chi connectivity index (χ0v) is 14.9. The van der Waals surface area contributed by atoms with Crippen molar-refractivity contribution in [2.24, 2.45) is 5.92 Å². The molecule has 0 aliphatic carbocycles. The van der Waals surface area contributed by atoms with Gasteiger partial charge in [-0.2, -0.15) is 0 Å². The molecule has 1 unspecified atom stereocenters. The largest absolute Gasteiger partial charge is 0.494 e. The van der Waals surface area contributed by atoms with Crippen LogP contribution in [0.4, 0.5) is 4.79 Å². The summed E-state index contributed by atoms with van der Waals surface area (Å²) in [6.07, 6.45) is 4.00. The maximum Gasteiger partial charge on any atom is 0.317 e. The lowest BCUT2D eigenvalue weighted by atomic mass is 9.99. The van der Waals surface area contributed by atoms with E-state index >= 15 is 0 Å². The van der Waals surface area contributed by atoms with Crippen LogP contribution in [0.2, 0.25) is 0 Å². The second-order valence-corrected chi connectivity index (χ2v) is 6.39. The quantitative estimate of drug-likeness (QED) is 0.795. The molecule has 2 amide bonds. The Kier molecular flexibility index (Phi) is 7.89. The van der Waals surface area contributed by atoms with E-state index in [9.17, 15) is 4.79 Å². The average molecular weight is 334 g/mol. The zero-order chi connectivity index (χ0) is 17.2. The summed E-state index contributed by atoms with van der Waals surface area (Å²) < 4.78 is 10.9. The molecule has 1 saturated heterocycles. The first kappa shape index (κ1) is 18.6. The fourth-order valence-corrected chi connectivity index (χ4v) is 3.06. The molecule has 5 heteroatoms. The van der Waals surface area contributed by atoms with E-state index in [2.05, 4.69) is 24.4 Å². The van der Waals surface area contributed by atoms with Crippen LogP contribution in [0.5, 0.6) is 5.75 Å². The van der Waals surface area contributed by atoms with Crippen LogP contribution in [0, 0.1) is 5.92 Å². The summed E-state index contributed by atoms with van der Waals surface area (Å²) in [7, 11) is 1.72. The summed E-state index contributed by atoms with van der Waals surface area (Å²) >= 11 is 0. The van der Waals surface area contributed by atoms with E-state index in [1.807, 2.05) is 17.0 Å². The van der Waals surface area contributed by atoms with E-state index in [-0.39, 0.29) is 6.03 Å². The van der Waals surface area contributed by atoms with E-state index in [4.69, 9.17) is 9.47 Å². The average Bonchev–Trinajstić information content (AvgIpc) is 2.61. The Bertz CT molecular complexity index is 505. The van der Waals surface area contributed by atoms with E-state index in [0.29, 0.717) is 12.5 Å². The summed E-state index contributed by atoms with van der Waals surface area (Å²) in [5, 5.41) is 3.03. The van der Waals surface area contributed by atoms with Crippen molar-refractivity contribution < 1.29 is 14.3 Å². The molecule has 1 heterocycles. The van der Waals surface area contributed by atoms with Gasteiger partial charge in [0.05, 0.1) is 13.2 Å². The number of rotatable bonds is 8. The smallest absolute Gasteiger partial charge is 0.317 e. The van der Waals surface area contributed by atoms with Gasteiger partial charge in [-0.1, -0.05) is 19.1 Å². The van der Waals surface area contributed by atoms with Gasteiger partial charge < -0.3 is 19.7 Å². The van der Waals surface area contributed by atoms with Crippen LogP contribution in [0.3, 0.4) is 0 Å². The van der Waals surface area contributed by atoms with Gasteiger partial charge in [-0.15, -0.1) is 0 Å². The molecule has 24 heavy (non-hydrogen) atoms. The van der Waals surface area contributed by atoms with E-state index < -0.39 is 0 Å². The van der Waals surface area contributed by atoms with Crippen LogP contribution in [-0.4, -0.2) is 50.9 Å². The highest BCUT2D eigenvalue weighted by atomic mass is 16.5. The molecule has 0 bridgehead atoms.